The zero-order chi connectivity index (χ0) is 15.6. The number of hydrogen-bond acceptors (Lipinski definition) is 3. The molecule has 0 heterocycles. The Kier molecular flexibility index (Phi) is 4.54. The van der Waals surface area contributed by atoms with Gasteiger partial charge in [-0.05, 0) is 18.6 Å². The van der Waals surface area contributed by atoms with Crippen molar-refractivity contribution in [2.45, 2.75) is 18.2 Å². The van der Waals surface area contributed by atoms with Gasteiger partial charge in [-0.1, -0.05) is 31.2 Å². The van der Waals surface area contributed by atoms with Gasteiger partial charge in [0.25, 0.3) is 0 Å². The lowest BCUT2D eigenvalue weighted by Gasteiger charge is -2.20. The molecule has 0 aliphatic heterocycles. The molecule has 0 saturated heterocycles. The summed E-state index contributed by atoms with van der Waals surface area (Å²) in [6, 6.07) is 11.2. The van der Waals surface area contributed by atoms with Crippen LogP contribution in [-0.2, 0) is 10.0 Å². The van der Waals surface area contributed by atoms with E-state index in [9.17, 15) is 8.42 Å². The normalized spacial score (nSPS) is 12.0. The lowest BCUT2D eigenvalue weighted by Crippen LogP contribution is -2.27. The molecule has 0 aliphatic carbocycles. The fourth-order valence-electron chi connectivity index (χ4n) is 2.48. The third-order valence-corrected chi connectivity index (χ3v) is 5.48. The third kappa shape index (κ3) is 2.89. The van der Waals surface area contributed by atoms with Crippen molar-refractivity contribution in [3.05, 3.63) is 36.4 Å². The second kappa shape index (κ2) is 6.03. The summed E-state index contributed by atoms with van der Waals surface area (Å²) in [5.74, 6) is 0. The zero-order valence-corrected chi connectivity index (χ0v) is 13.8. The molecule has 0 aromatic heterocycles. The van der Waals surface area contributed by atoms with Gasteiger partial charge in [-0.3, -0.25) is 0 Å². The van der Waals surface area contributed by atoms with Crippen molar-refractivity contribution in [3.8, 4) is 0 Å². The minimum absolute atomic E-state index is 0.375. The van der Waals surface area contributed by atoms with Gasteiger partial charge in [0.05, 0.1) is 4.90 Å². The number of sulfonamides is 1. The average molecular weight is 306 g/mol. The quantitative estimate of drug-likeness (QED) is 0.853. The third-order valence-electron chi connectivity index (χ3n) is 3.57. The molecule has 0 spiro atoms. The van der Waals surface area contributed by atoms with Crippen molar-refractivity contribution in [1.29, 1.82) is 0 Å². The molecule has 0 atom stereocenters. The topological polar surface area (TPSA) is 40.6 Å². The summed E-state index contributed by atoms with van der Waals surface area (Å²) in [5, 5.41) is 1.72. The monoisotopic (exact) mass is 306 g/mol. The molecule has 0 bridgehead atoms. The van der Waals surface area contributed by atoms with E-state index >= 15 is 0 Å². The summed E-state index contributed by atoms with van der Waals surface area (Å²) in [5.41, 5.74) is 1.02. The van der Waals surface area contributed by atoms with Gasteiger partial charge in [0.1, 0.15) is 0 Å². The first-order valence-electron chi connectivity index (χ1n) is 7.05. The molecule has 2 aromatic rings. The van der Waals surface area contributed by atoms with Crippen LogP contribution in [0.3, 0.4) is 0 Å². The Bertz CT molecular complexity index is 739. The molecule has 0 unspecified atom stereocenters. The largest absolute Gasteiger partial charge is 0.377 e. The standard InChI is InChI=1S/C16H22N2O2S/c1-5-12-18(4)21(19,20)16-11-7-8-13-14(16)9-6-10-15(13)17(2)3/h6-11H,5,12H2,1-4H3. The van der Waals surface area contributed by atoms with Crippen LogP contribution in [0, 0.1) is 0 Å². The predicted octanol–water partition coefficient (Wildman–Crippen LogP) is 2.94. The van der Waals surface area contributed by atoms with Crippen LogP contribution in [-0.4, -0.2) is 40.4 Å². The van der Waals surface area contributed by atoms with E-state index in [0.717, 1.165) is 22.9 Å². The number of rotatable bonds is 5. The lowest BCUT2D eigenvalue weighted by atomic mass is 10.1. The maximum Gasteiger partial charge on any atom is 0.243 e. The fraction of sp³-hybridized carbons (Fsp3) is 0.375. The van der Waals surface area contributed by atoms with E-state index < -0.39 is 10.0 Å². The first kappa shape index (κ1) is 15.8. The highest BCUT2D eigenvalue weighted by molar-refractivity contribution is 7.89. The van der Waals surface area contributed by atoms with Crippen molar-refractivity contribution in [2.24, 2.45) is 0 Å². The van der Waals surface area contributed by atoms with Crippen molar-refractivity contribution in [1.82, 2.24) is 4.31 Å². The molecule has 0 aliphatic rings. The van der Waals surface area contributed by atoms with E-state index in [2.05, 4.69) is 0 Å². The molecule has 0 amide bonds. The van der Waals surface area contributed by atoms with Crippen molar-refractivity contribution < 1.29 is 8.42 Å². The highest BCUT2D eigenvalue weighted by atomic mass is 32.2. The van der Waals surface area contributed by atoms with Crippen LogP contribution in [0.4, 0.5) is 5.69 Å². The van der Waals surface area contributed by atoms with E-state index in [4.69, 9.17) is 0 Å². The maximum atomic E-state index is 12.7. The number of nitrogens with zero attached hydrogens (tertiary/aromatic N) is 2. The van der Waals surface area contributed by atoms with Crippen molar-refractivity contribution in [3.63, 3.8) is 0 Å². The number of anilines is 1. The maximum absolute atomic E-state index is 12.7. The van der Waals surface area contributed by atoms with E-state index in [1.807, 2.05) is 56.3 Å². The van der Waals surface area contributed by atoms with E-state index in [1.165, 1.54) is 4.31 Å². The summed E-state index contributed by atoms with van der Waals surface area (Å²) in [6.07, 6.45) is 0.795. The Morgan fingerprint density at radius 1 is 0.952 bits per heavy atom. The molecular formula is C16H22N2O2S. The number of fused-ring (bicyclic) bond motifs is 1. The van der Waals surface area contributed by atoms with Crippen LogP contribution >= 0.6 is 0 Å². The Morgan fingerprint density at radius 2 is 1.57 bits per heavy atom. The smallest absolute Gasteiger partial charge is 0.243 e. The SMILES string of the molecule is CCCN(C)S(=O)(=O)c1cccc2c(N(C)C)cccc12. The molecule has 4 nitrogen and oxygen atoms in total. The molecule has 0 radical (unpaired) electrons. The molecule has 2 rings (SSSR count). The Morgan fingerprint density at radius 3 is 2.19 bits per heavy atom. The van der Waals surface area contributed by atoms with Crippen LogP contribution in [0.1, 0.15) is 13.3 Å². The Balaban J connectivity index is 2.69. The van der Waals surface area contributed by atoms with Crippen LogP contribution in [0.25, 0.3) is 10.8 Å². The molecular weight excluding hydrogens is 284 g/mol. The Labute approximate surface area is 127 Å². The van der Waals surface area contributed by atoms with Gasteiger partial charge < -0.3 is 4.90 Å². The van der Waals surface area contributed by atoms with Crippen molar-refractivity contribution in [2.75, 3.05) is 32.6 Å². The minimum atomic E-state index is -3.46. The average Bonchev–Trinajstić information content (AvgIpc) is 2.45. The van der Waals surface area contributed by atoms with Crippen LogP contribution in [0.15, 0.2) is 41.3 Å². The summed E-state index contributed by atoms with van der Waals surface area (Å²) < 4.78 is 26.9. The molecule has 0 saturated carbocycles. The van der Waals surface area contributed by atoms with Gasteiger partial charge in [-0.15, -0.1) is 0 Å². The molecule has 2 aromatic carbocycles. The van der Waals surface area contributed by atoms with E-state index in [1.54, 1.807) is 13.1 Å². The first-order valence-corrected chi connectivity index (χ1v) is 8.49. The first-order chi connectivity index (χ1) is 9.89. The summed E-state index contributed by atoms with van der Waals surface area (Å²) in [6.45, 7) is 2.49. The van der Waals surface area contributed by atoms with Crippen LogP contribution in [0.5, 0.6) is 0 Å². The Hall–Kier alpha value is -1.59. The molecule has 114 valence electrons. The van der Waals surface area contributed by atoms with Gasteiger partial charge in [0, 0.05) is 44.1 Å². The molecule has 21 heavy (non-hydrogen) atoms. The van der Waals surface area contributed by atoms with E-state index in [-0.39, 0.29) is 0 Å². The van der Waals surface area contributed by atoms with Gasteiger partial charge in [0.15, 0.2) is 0 Å². The van der Waals surface area contributed by atoms with Gasteiger partial charge in [-0.25, -0.2) is 12.7 Å². The number of hydrogen-bond donors (Lipinski definition) is 0. The fourth-order valence-corrected chi connectivity index (χ4v) is 3.95. The van der Waals surface area contributed by atoms with Crippen LogP contribution in [0.2, 0.25) is 0 Å². The second-order valence-corrected chi connectivity index (χ2v) is 7.36. The van der Waals surface area contributed by atoms with Gasteiger partial charge in [0.2, 0.25) is 10.0 Å². The van der Waals surface area contributed by atoms with Gasteiger partial charge in [-0.2, -0.15) is 0 Å². The summed E-state index contributed by atoms with van der Waals surface area (Å²) in [7, 11) is 2.09. The summed E-state index contributed by atoms with van der Waals surface area (Å²) in [4.78, 5) is 2.37. The summed E-state index contributed by atoms with van der Waals surface area (Å²) >= 11 is 0. The molecule has 5 heteroatoms. The predicted molar refractivity (Wildman–Crippen MR) is 88.4 cm³/mol. The number of benzene rings is 2. The lowest BCUT2D eigenvalue weighted by molar-refractivity contribution is 0.469. The van der Waals surface area contributed by atoms with Crippen molar-refractivity contribution >= 4 is 26.5 Å². The zero-order valence-electron chi connectivity index (χ0n) is 13.0. The minimum Gasteiger partial charge on any atom is -0.377 e. The highest BCUT2D eigenvalue weighted by Crippen LogP contribution is 2.31. The second-order valence-electron chi connectivity index (χ2n) is 5.35. The molecule has 0 N–H and O–H groups in total. The van der Waals surface area contributed by atoms with Crippen LogP contribution < -0.4 is 4.90 Å². The highest BCUT2D eigenvalue weighted by Gasteiger charge is 2.22. The van der Waals surface area contributed by atoms with E-state index in [0.29, 0.717) is 11.4 Å². The molecule has 0 fully saturated rings. The van der Waals surface area contributed by atoms with Gasteiger partial charge >= 0.3 is 0 Å².